The minimum absolute atomic E-state index is 0.0439. The van der Waals surface area contributed by atoms with Crippen molar-refractivity contribution in [2.75, 3.05) is 0 Å². The van der Waals surface area contributed by atoms with Gasteiger partial charge < -0.3 is 9.67 Å². The van der Waals surface area contributed by atoms with Gasteiger partial charge in [-0.15, -0.1) is 0 Å². The Morgan fingerprint density at radius 3 is 2.61 bits per heavy atom. The summed E-state index contributed by atoms with van der Waals surface area (Å²) in [7, 11) is 0. The van der Waals surface area contributed by atoms with E-state index in [1.165, 1.54) is 10.9 Å². The van der Waals surface area contributed by atoms with Crippen LogP contribution in [0.15, 0.2) is 30.5 Å². The lowest BCUT2D eigenvalue weighted by Gasteiger charge is -2.13. The molecule has 3 nitrogen and oxygen atoms in total. The summed E-state index contributed by atoms with van der Waals surface area (Å²) >= 11 is 0. The molecule has 1 aromatic carbocycles. The average molecular weight is 245 g/mol. The molecule has 1 atom stereocenters. The van der Waals surface area contributed by atoms with E-state index in [-0.39, 0.29) is 12.3 Å². The van der Waals surface area contributed by atoms with Crippen LogP contribution in [0.2, 0.25) is 0 Å². The Balaban J connectivity index is 2.42. The SMILES string of the molecule is CC(CC(=O)O)c1ccc2ccn(C(C)C)c2c1. The van der Waals surface area contributed by atoms with Gasteiger partial charge in [0.1, 0.15) is 0 Å². The summed E-state index contributed by atoms with van der Waals surface area (Å²) in [6.07, 6.45) is 2.26. The van der Waals surface area contributed by atoms with Crippen LogP contribution in [0.5, 0.6) is 0 Å². The fourth-order valence-electron chi connectivity index (χ4n) is 2.30. The fourth-order valence-corrected chi connectivity index (χ4v) is 2.30. The third-order valence-corrected chi connectivity index (χ3v) is 3.35. The molecule has 0 saturated carbocycles. The van der Waals surface area contributed by atoms with Crippen molar-refractivity contribution in [1.82, 2.24) is 4.57 Å². The van der Waals surface area contributed by atoms with E-state index in [0.29, 0.717) is 6.04 Å². The van der Waals surface area contributed by atoms with Crippen LogP contribution in [-0.4, -0.2) is 15.6 Å². The Labute approximate surface area is 107 Å². The van der Waals surface area contributed by atoms with Crippen LogP contribution in [0.3, 0.4) is 0 Å². The molecular weight excluding hydrogens is 226 g/mol. The second-order valence-corrected chi connectivity index (χ2v) is 5.13. The number of rotatable bonds is 4. The van der Waals surface area contributed by atoms with E-state index in [2.05, 4.69) is 42.8 Å². The average Bonchev–Trinajstić information content (AvgIpc) is 2.70. The maximum absolute atomic E-state index is 10.8. The second-order valence-electron chi connectivity index (χ2n) is 5.13. The Morgan fingerprint density at radius 1 is 1.28 bits per heavy atom. The Hall–Kier alpha value is -1.77. The summed E-state index contributed by atoms with van der Waals surface area (Å²) in [5.74, 6) is -0.704. The molecule has 0 bridgehead atoms. The lowest BCUT2D eigenvalue weighted by atomic mass is 9.97. The molecule has 18 heavy (non-hydrogen) atoms. The first kappa shape index (κ1) is 12.7. The lowest BCUT2D eigenvalue weighted by molar-refractivity contribution is -0.137. The van der Waals surface area contributed by atoms with Crippen molar-refractivity contribution in [2.24, 2.45) is 0 Å². The quantitative estimate of drug-likeness (QED) is 0.890. The maximum atomic E-state index is 10.8. The van der Waals surface area contributed by atoms with Crippen LogP contribution < -0.4 is 0 Å². The summed E-state index contributed by atoms with van der Waals surface area (Å²) in [6, 6.07) is 8.72. The highest BCUT2D eigenvalue weighted by Gasteiger charge is 2.12. The number of hydrogen-bond donors (Lipinski definition) is 1. The van der Waals surface area contributed by atoms with Gasteiger partial charge in [0.15, 0.2) is 0 Å². The van der Waals surface area contributed by atoms with Crippen molar-refractivity contribution in [1.29, 1.82) is 0 Å². The molecule has 1 aromatic heterocycles. The minimum Gasteiger partial charge on any atom is -0.481 e. The molecule has 0 aliphatic rings. The van der Waals surface area contributed by atoms with Crippen LogP contribution in [0.1, 0.15) is 44.7 Å². The van der Waals surface area contributed by atoms with E-state index in [4.69, 9.17) is 5.11 Å². The van der Waals surface area contributed by atoms with Gasteiger partial charge in [-0.1, -0.05) is 19.1 Å². The zero-order chi connectivity index (χ0) is 13.3. The van der Waals surface area contributed by atoms with E-state index in [9.17, 15) is 4.79 Å². The molecule has 0 amide bonds. The highest BCUT2D eigenvalue weighted by molar-refractivity contribution is 5.81. The zero-order valence-corrected chi connectivity index (χ0v) is 11.1. The Bertz CT molecular complexity index is 569. The molecule has 0 spiro atoms. The van der Waals surface area contributed by atoms with Gasteiger partial charge in [0, 0.05) is 17.8 Å². The van der Waals surface area contributed by atoms with Gasteiger partial charge in [-0.3, -0.25) is 4.79 Å². The predicted octanol–water partition coefficient (Wildman–Crippen LogP) is 3.80. The van der Waals surface area contributed by atoms with Gasteiger partial charge >= 0.3 is 5.97 Å². The van der Waals surface area contributed by atoms with Crippen LogP contribution in [0.4, 0.5) is 0 Å². The number of fused-ring (bicyclic) bond motifs is 1. The standard InChI is InChI=1S/C15H19NO2/c1-10(2)16-7-6-12-4-5-13(9-14(12)16)11(3)8-15(17)18/h4-7,9-11H,8H2,1-3H3,(H,17,18). The molecule has 0 fully saturated rings. The number of carbonyl (C=O) groups is 1. The van der Waals surface area contributed by atoms with Gasteiger partial charge in [0.25, 0.3) is 0 Å². The summed E-state index contributed by atoms with van der Waals surface area (Å²) in [6.45, 7) is 6.25. The summed E-state index contributed by atoms with van der Waals surface area (Å²) < 4.78 is 2.21. The highest BCUT2D eigenvalue weighted by Crippen LogP contribution is 2.26. The molecule has 0 aliphatic heterocycles. The molecule has 1 N–H and O–H groups in total. The smallest absolute Gasteiger partial charge is 0.303 e. The van der Waals surface area contributed by atoms with Gasteiger partial charge in [-0.2, -0.15) is 0 Å². The first-order chi connectivity index (χ1) is 8.49. The molecule has 1 heterocycles. The van der Waals surface area contributed by atoms with E-state index < -0.39 is 5.97 Å². The van der Waals surface area contributed by atoms with Crippen LogP contribution >= 0.6 is 0 Å². The minimum atomic E-state index is -0.748. The molecule has 3 heteroatoms. The molecule has 0 saturated heterocycles. The molecule has 96 valence electrons. The highest BCUT2D eigenvalue weighted by atomic mass is 16.4. The van der Waals surface area contributed by atoms with Crippen molar-refractivity contribution in [3.8, 4) is 0 Å². The normalized spacial score (nSPS) is 13.1. The van der Waals surface area contributed by atoms with Crippen LogP contribution in [-0.2, 0) is 4.79 Å². The van der Waals surface area contributed by atoms with Gasteiger partial charge in [-0.25, -0.2) is 0 Å². The molecule has 0 radical (unpaired) electrons. The van der Waals surface area contributed by atoms with Gasteiger partial charge in [0.2, 0.25) is 0 Å². The largest absolute Gasteiger partial charge is 0.481 e. The van der Waals surface area contributed by atoms with Gasteiger partial charge in [0.05, 0.1) is 6.42 Å². The number of hydrogen-bond acceptors (Lipinski definition) is 1. The van der Waals surface area contributed by atoms with Crippen LogP contribution in [0, 0.1) is 0 Å². The Kier molecular flexibility index (Phi) is 3.41. The van der Waals surface area contributed by atoms with E-state index in [1.807, 2.05) is 13.0 Å². The maximum Gasteiger partial charge on any atom is 0.303 e. The van der Waals surface area contributed by atoms with Crippen molar-refractivity contribution in [3.63, 3.8) is 0 Å². The van der Waals surface area contributed by atoms with E-state index >= 15 is 0 Å². The fraction of sp³-hybridized carbons (Fsp3) is 0.400. The number of nitrogens with zero attached hydrogens (tertiary/aromatic N) is 1. The number of carboxylic acid groups (broad SMARTS) is 1. The lowest BCUT2D eigenvalue weighted by Crippen LogP contribution is -2.03. The van der Waals surface area contributed by atoms with Crippen molar-refractivity contribution < 1.29 is 9.90 Å². The van der Waals surface area contributed by atoms with Crippen LogP contribution in [0.25, 0.3) is 10.9 Å². The third kappa shape index (κ3) is 2.40. The topological polar surface area (TPSA) is 42.2 Å². The monoisotopic (exact) mass is 245 g/mol. The first-order valence-electron chi connectivity index (χ1n) is 6.31. The predicted molar refractivity (Wildman–Crippen MR) is 73.0 cm³/mol. The summed E-state index contributed by atoms with van der Waals surface area (Å²) in [4.78, 5) is 10.8. The number of aliphatic carboxylic acids is 1. The molecule has 2 rings (SSSR count). The van der Waals surface area contributed by atoms with E-state index in [0.717, 1.165) is 5.56 Å². The molecular formula is C15H19NO2. The second kappa shape index (κ2) is 4.84. The molecule has 1 unspecified atom stereocenters. The zero-order valence-electron chi connectivity index (χ0n) is 11.1. The third-order valence-electron chi connectivity index (χ3n) is 3.35. The Morgan fingerprint density at radius 2 is 2.00 bits per heavy atom. The molecule has 2 aromatic rings. The van der Waals surface area contributed by atoms with E-state index in [1.54, 1.807) is 0 Å². The van der Waals surface area contributed by atoms with Crippen molar-refractivity contribution in [2.45, 2.75) is 39.2 Å². The van der Waals surface area contributed by atoms with Crippen molar-refractivity contribution >= 4 is 16.9 Å². The number of benzene rings is 1. The first-order valence-corrected chi connectivity index (χ1v) is 6.31. The number of aromatic nitrogens is 1. The molecule has 0 aliphatic carbocycles. The summed E-state index contributed by atoms with van der Waals surface area (Å²) in [5.41, 5.74) is 2.27. The number of carboxylic acids is 1. The van der Waals surface area contributed by atoms with Gasteiger partial charge in [-0.05, 0) is 42.8 Å². The summed E-state index contributed by atoms with van der Waals surface area (Å²) in [5, 5.41) is 10.1. The van der Waals surface area contributed by atoms with Crippen molar-refractivity contribution in [3.05, 3.63) is 36.0 Å².